The van der Waals surface area contributed by atoms with Crippen molar-refractivity contribution in [1.82, 2.24) is 15.1 Å². The lowest BCUT2D eigenvalue weighted by molar-refractivity contribution is -0.318. The molecule has 0 aliphatic carbocycles. The molecule has 0 radical (unpaired) electrons. The Morgan fingerprint density at radius 3 is 2.26 bits per heavy atom. The molecule has 0 aromatic heterocycles. The van der Waals surface area contributed by atoms with Crippen molar-refractivity contribution in [2.75, 3.05) is 46.2 Å². The number of ether oxygens (including phenoxy) is 6. The highest BCUT2D eigenvalue weighted by Gasteiger charge is 2.53. The van der Waals surface area contributed by atoms with E-state index in [1.54, 1.807) is 60.6 Å². The summed E-state index contributed by atoms with van der Waals surface area (Å²) in [5.41, 5.74) is -4.12. The van der Waals surface area contributed by atoms with Crippen molar-refractivity contribution in [1.29, 1.82) is 0 Å². The zero-order chi connectivity index (χ0) is 51.5. The number of nitrogens with zero attached hydrogens (tertiary/aromatic N) is 2. The number of carbonyl (C=O) groups excluding carboxylic acids is 1. The van der Waals surface area contributed by atoms with Gasteiger partial charge in [-0.15, -0.1) is 0 Å². The fourth-order valence-electron chi connectivity index (χ4n) is 10.1. The molecule has 0 bridgehead atoms. The molecule has 18 nitrogen and oxygen atoms in total. The molecule has 0 unspecified atom stereocenters. The van der Waals surface area contributed by atoms with Crippen LogP contribution >= 0.6 is 12.2 Å². The molecule has 1 aromatic carbocycles. The standard InChI is InChI=1S/C47H81FN4O12S.CH2O2/c1-14-35-47(10,58)39(54)30(6)52(20-16-19-49-44(65)50-33-18-15-17-32(48)22-33)25-26(2)23-45(8,57)41(64-43-37(53)34(51(11)12)21-27(3)60-43)28(4)38(29(5)42(56)62-35)63-36-24-46(9,59-13)40(55)31(7)61-36;2-1-3/h15,17-18,22,26-31,34-41,43,53-55,57-58H,14,16,19-21,23-25H2,1-13H3,(H2,49,50,65);1H,(H,2,3)/t26-,27-,28+,29-,30-,31+,34+,35-,36+,37-,38+,39-,40+,41-,43+,45-,46-,47-;/m1./s1. The lowest BCUT2D eigenvalue weighted by Crippen LogP contribution is -2.60. The van der Waals surface area contributed by atoms with E-state index >= 15 is 0 Å². The van der Waals surface area contributed by atoms with Crippen molar-refractivity contribution in [3.05, 3.63) is 30.1 Å². The number of carbonyl (C=O) groups is 2. The van der Waals surface area contributed by atoms with Gasteiger partial charge in [-0.25, -0.2) is 4.39 Å². The van der Waals surface area contributed by atoms with E-state index in [-0.39, 0.29) is 43.8 Å². The van der Waals surface area contributed by atoms with Gasteiger partial charge in [0.15, 0.2) is 17.7 Å². The Morgan fingerprint density at radius 1 is 1.03 bits per heavy atom. The maximum absolute atomic E-state index is 14.5. The summed E-state index contributed by atoms with van der Waals surface area (Å²) in [4.78, 5) is 26.8. The fraction of sp³-hybridized carbons (Fsp3) is 0.812. The van der Waals surface area contributed by atoms with Crippen LogP contribution in [0.2, 0.25) is 0 Å². The van der Waals surface area contributed by atoms with Crippen LogP contribution in [0.3, 0.4) is 0 Å². The number of hydrogen-bond acceptors (Lipinski definition) is 16. The Kier molecular flexibility index (Phi) is 22.9. The highest BCUT2D eigenvalue weighted by Crippen LogP contribution is 2.40. The summed E-state index contributed by atoms with van der Waals surface area (Å²) < 4.78 is 51.8. The summed E-state index contributed by atoms with van der Waals surface area (Å²) in [6.45, 7) is 18.5. The van der Waals surface area contributed by atoms with Crippen LogP contribution < -0.4 is 10.6 Å². The van der Waals surface area contributed by atoms with E-state index in [4.69, 9.17) is 50.5 Å². The number of likely N-dealkylation sites (N-methyl/N-ethyl adjacent to an activating group) is 1. The summed E-state index contributed by atoms with van der Waals surface area (Å²) in [5.74, 6) is -3.26. The molecule has 0 saturated carbocycles. The molecule has 3 aliphatic heterocycles. The number of carboxylic acid groups (broad SMARTS) is 1. The minimum Gasteiger partial charge on any atom is -0.483 e. The second-order valence-electron chi connectivity index (χ2n) is 20.1. The maximum Gasteiger partial charge on any atom is 0.311 e. The Morgan fingerprint density at radius 2 is 1.68 bits per heavy atom. The highest BCUT2D eigenvalue weighted by molar-refractivity contribution is 7.80. The first kappa shape index (κ1) is 59.6. The van der Waals surface area contributed by atoms with Crippen LogP contribution in [0.15, 0.2) is 24.3 Å². The quantitative estimate of drug-likeness (QED) is 0.0647. The monoisotopic (exact) mass is 991 g/mol. The van der Waals surface area contributed by atoms with Crippen LogP contribution in [-0.4, -0.2) is 189 Å². The Hall–Kier alpha value is -2.70. The minimum atomic E-state index is -1.91. The molecule has 3 fully saturated rings. The lowest BCUT2D eigenvalue weighted by Gasteiger charge is -2.48. The summed E-state index contributed by atoms with van der Waals surface area (Å²) in [6, 6.07) is 4.99. The number of anilines is 1. The Labute approximate surface area is 408 Å². The summed E-state index contributed by atoms with van der Waals surface area (Å²) in [5, 5.41) is 73.1. The number of rotatable bonds is 12. The van der Waals surface area contributed by atoms with Crippen molar-refractivity contribution >= 4 is 35.5 Å². The third kappa shape index (κ3) is 15.6. The largest absolute Gasteiger partial charge is 0.483 e. The second kappa shape index (κ2) is 26.1. The van der Waals surface area contributed by atoms with Gasteiger partial charge in [-0.3, -0.25) is 14.5 Å². The zero-order valence-electron chi connectivity index (χ0n) is 42.3. The van der Waals surface area contributed by atoms with E-state index in [1.807, 2.05) is 37.7 Å². The van der Waals surface area contributed by atoms with Gasteiger partial charge < -0.3 is 74.6 Å². The smallest absolute Gasteiger partial charge is 0.311 e. The van der Waals surface area contributed by atoms with Gasteiger partial charge in [-0.05, 0) is 125 Å². The molecule has 68 heavy (non-hydrogen) atoms. The Balaban J connectivity index is 0.00000397. The molecule has 4 rings (SSSR count). The third-order valence-electron chi connectivity index (χ3n) is 14.0. The van der Waals surface area contributed by atoms with Gasteiger partial charge in [0.1, 0.15) is 35.8 Å². The van der Waals surface area contributed by atoms with Crippen LogP contribution in [0, 0.1) is 23.6 Å². The number of thiocarbonyl (C=S) groups is 1. The van der Waals surface area contributed by atoms with Gasteiger partial charge in [0.05, 0.1) is 41.5 Å². The first-order valence-electron chi connectivity index (χ1n) is 23.8. The lowest BCUT2D eigenvalue weighted by atomic mass is 9.77. The molecule has 18 atom stereocenters. The fourth-order valence-corrected chi connectivity index (χ4v) is 10.3. The predicted molar refractivity (Wildman–Crippen MR) is 257 cm³/mol. The van der Waals surface area contributed by atoms with Crippen LogP contribution in [-0.2, 0) is 38.0 Å². The molecule has 3 saturated heterocycles. The number of esters is 1. The number of aliphatic hydroxyl groups excluding tert-OH is 3. The third-order valence-corrected chi connectivity index (χ3v) is 14.3. The first-order chi connectivity index (χ1) is 31.7. The molecule has 1 aromatic rings. The molecule has 392 valence electrons. The first-order valence-corrected chi connectivity index (χ1v) is 24.2. The van der Waals surface area contributed by atoms with Gasteiger partial charge in [0.25, 0.3) is 6.47 Å². The minimum absolute atomic E-state index is 0.0997. The van der Waals surface area contributed by atoms with Crippen LogP contribution in [0.25, 0.3) is 0 Å². The van der Waals surface area contributed by atoms with Crippen molar-refractivity contribution in [3.63, 3.8) is 0 Å². The maximum atomic E-state index is 14.5. The van der Waals surface area contributed by atoms with Gasteiger partial charge >= 0.3 is 5.97 Å². The number of cyclic esters (lactones) is 1. The number of nitrogens with one attached hydrogen (secondary N) is 2. The van der Waals surface area contributed by atoms with Crippen LogP contribution in [0.5, 0.6) is 0 Å². The molecular formula is C48H83FN4O14S. The van der Waals surface area contributed by atoms with E-state index in [2.05, 4.69) is 10.6 Å². The topological polar surface area (TPSA) is 241 Å². The zero-order valence-corrected chi connectivity index (χ0v) is 43.2. The summed E-state index contributed by atoms with van der Waals surface area (Å²) >= 11 is 5.46. The van der Waals surface area contributed by atoms with Gasteiger partial charge in [0, 0.05) is 56.9 Å². The summed E-state index contributed by atoms with van der Waals surface area (Å²) in [6.07, 6.45) is -8.46. The van der Waals surface area contributed by atoms with Crippen molar-refractivity contribution in [2.24, 2.45) is 17.8 Å². The van der Waals surface area contributed by atoms with E-state index < -0.39 is 102 Å². The molecule has 3 aliphatic rings. The van der Waals surface area contributed by atoms with E-state index in [1.165, 1.54) is 26.2 Å². The molecule has 20 heteroatoms. The predicted octanol–water partition coefficient (Wildman–Crippen LogP) is 3.49. The van der Waals surface area contributed by atoms with E-state index in [9.17, 15) is 34.7 Å². The number of methoxy groups -OCH3 is 1. The van der Waals surface area contributed by atoms with Crippen molar-refractivity contribution < 1.29 is 73.0 Å². The molecule has 0 spiro atoms. The second-order valence-corrected chi connectivity index (χ2v) is 20.5. The molecule has 0 amide bonds. The molecule has 8 N–H and O–H groups in total. The van der Waals surface area contributed by atoms with Gasteiger partial charge in [-0.1, -0.05) is 26.8 Å². The normalized spacial score (nSPS) is 40.2. The molecular weight excluding hydrogens is 908 g/mol. The van der Waals surface area contributed by atoms with E-state index in [0.717, 1.165) is 0 Å². The number of halogens is 1. The Bertz CT molecular complexity index is 1740. The van der Waals surface area contributed by atoms with E-state index in [0.29, 0.717) is 43.3 Å². The van der Waals surface area contributed by atoms with Crippen molar-refractivity contribution in [2.45, 2.75) is 192 Å². The van der Waals surface area contributed by atoms with Gasteiger partial charge in [0.2, 0.25) is 0 Å². The molecule has 3 heterocycles. The van der Waals surface area contributed by atoms with Crippen molar-refractivity contribution in [3.8, 4) is 0 Å². The number of hydrogen-bond donors (Lipinski definition) is 8. The summed E-state index contributed by atoms with van der Waals surface area (Å²) in [7, 11) is 5.25. The number of benzene rings is 1. The number of aliphatic hydroxyl groups is 5. The van der Waals surface area contributed by atoms with Crippen LogP contribution in [0.1, 0.15) is 101 Å². The van der Waals surface area contributed by atoms with Gasteiger partial charge in [-0.2, -0.15) is 0 Å². The highest BCUT2D eigenvalue weighted by atomic mass is 32.1. The van der Waals surface area contributed by atoms with Crippen LogP contribution in [0.4, 0.5) is 10.1 Å². The average Bonchev–Trinajstić information content (AvgIpc) is 3.26. The average molecular weight is 991 g/mol. The SMILES string of the molecule is CC[C@H]1OC(=O)[C@H](C)[C@@H](O[C@H]2C[C@@](C)(OC)[C@@H](O)[C@H](C)O2)[C@H](C)[C@@H](O[C@@H]2O[C@H](C)C[C@H](N(C)C)[C@H]2O)[C@](C)(O)C[C@@H](C)CN(CCCNC(=S)Nc2cccc(F)c2)[C@H](C)[C@@H](O)[C@]1(C)O.O=CO.